The molecule has 3 aliphatic rings. The zero-order valence-electron chi connectivity index (χ0n) is 18.2. The third-order valence-electron chi connectivity index (χ3n) is 6.30. The Morgan fingerprint density at radius 3 is 2.66 bits per heavy atom. The van der Waals surface area contributed by atoms with Gasteiger partial charge in [-0.3, -0.25) is 9.59 Å². The molecule has 4 rings (SSSR count). The number of para-hydroxylation sites is 1. The summed E-state index contributed by atoms with van der Waals surface area (Å²) in [7, 11) is -4.16. The van der Waals surface area contributed by atoms with Gasteiger partial charge >= 0.3 is 12.1 Å². The molecule has 0 bridgehead atoms. The number of phenols is 2. The van der Waals surface area contributed by atoms with Crippen LogP contribution in [0, 0.1) is 0 Å². The van der Waals surface area contributed by atoms with Gasteiger partial charge in [-0.25, -0.2) is 18.0 Å². The summed E-state index contributed by atoms with van der Waals surface area (Å²) >= 11 is 0. The molecule has 3 aliphatic heterocycles. The minimum absolute atomic E-state index is 0.0472. The van der Waals surface area contributed by atoms with E-state index >= 15 is 0 Å². The number of oxime groups is 1. The molecule has 4 N–H and O–H groups in total. The molecule has 2 amide bonds. The quantitative estimate of drug-likeness (QED) is 0.260. The number of carboxylic acid groups (broad SMARTS) is 1. The Balaban J connectivity index is 1.32. The minimum atomic E-state index is -4.16. The van der Waals surface area contributed by atoms with Crippen molar-refractivity contribution in [3.63, 3.8) is 0 Å². The fourth-order valence-corrected chi connectivity index (χ4v) is 6.55. The maximum atomic E-state index is 12.8. The summed E-state index contributed by atoms with van der Waals surface area (Å²) in [5.74, 6) is -3.58. The van der Waals surface area contributed by atoms with Crippen molar-refractivity contribution in [3.8, 4) is 11.5 Å². The van der Waals surface area contributed by atoms with Gasteiger partial charge in [0, 0.05) is 12.0 Å². The number of nitrogens with zero attached hydrogens (tertiary/aromatic N) is 2. The lowest BCUT2D eigenvalue weighted by Crippen LogP contribution is -2.58. The second-order valence-electron chi connectivity index (χ2n) is 8.46. The van der Waals surface area contributed by atoms with Gasteiger partial charge in [0.05, 0.1) is 18.7 Å². The summed E-state index contributed by atoms with van der Waals surface area (Å²) in [6.07, 6.45) is -2.65. The number of alkyl carbamates (subject to hydrolysis) is 1. The normalized spacial score (nSPS) is 28.4. The van der Waals surface area contributed by atoms with Crippen LogP contribution in [0.2, 0.25) is 0 Å². The number of carbonyl (C=O) groups excluding carboxylic acids is 3. The van der Waals surface area contributed by atoms with E-state index in [0.717, 1.165) is 11.8 Å². The molecule has 2 saturated heterocycles. The van der Waals surface area contributed by atoms with E-state index in [1.54, 1.807) is 0 Å². The number of aromatic hydroxyl groups is 2. The Morgan fingerprint density at radius 2 is 2.00 bits per heavy atom. The molecule has 2 fully saturated rings. The van der Waals surface area contributed by atoms with Crippen molar-refractivity contribution in [2.24, 2.45) is 5.16 Å². The van der Waals surface area contributed by atoms with Gasteiger partial charge in [-0.05, 0) is 19.1 Å². The topological polar surface area (TPSA) is 209 Å². The molecule has 1 aromatic rings. The predicted octanol–water partition coefficient (Wildman–Crippen LogP) is -0.915. The molecule has 1 aromatic carbocycles. The minimum Gasteiger partial charge on any atom is -0.504 e. The number of carboxylic acids is 1. The third kappa shape index (κ3) is 3.80. The van der Waals surface area contributed by atoms with E-state index in [1.807, 2.05) is 0 Å². The number of ether oxygens (including phenoxy) is 1. The molecule has 14 nitrogen and oxygen atoms in total. The first-order valence-corrected chi connectivity index (χ1v) is 11.9. The second-order valence-corrected chi connectivity index (χ2v) is 11.0. The molecule has 0 aliphatic carbocycles. The summed E-state index contributed by atoms with van der Waals surface area (Å²) in [4.78, 5) is 53.8. The summed E-state index contributed by atoms with van der Waals surface area (Å²) in [6.45, 7) is -0.332. The molecular formula is C20H21N3O11S. The summed E-state index contributed by atoms with van der Waals surface area (Å²) < 4.78 is 28.4. The Morgan fingerprint density at radius 1 is 1.29 bits per heavy atom. The van der Waals surface area contributed by atoms with Gasteiger partial charge in [0.25, 0.3) is 0 Å². The van der Waals surface area contributed by atoms with Gasteiger partial charge in [0.2, 0.25) is 5.91 Å². The first-order valence-electron chi connectivity index (χ1n) is 10.3. The van der Waals surface area contributed by atoms with Crippen LogP contribution in [-0.2, 0) is 33.8 Å². The van der Waals surface area contributed by atoms with E-state index in [1.165, 1.54) is 18.2 Å². The van der Waals surface area contributed by atoms with Crippen molar-refractivity contribution < 1.29 is 52.5 Å². The van der Waals surface area contributed by atoms with E-state index in [9.17, 15) is 42.9 Å². The van der Waals surface area contributed by atoms with E-state index < -0.39 is 74.8 Å². The number of fused-ring (bicyclic) bond motifs is 1. The smallest absolute Gasteiger partial charge is 0.407 e. The largest absolute Gasteiger partial charge is 0.504 e. The van der Waals surface area contributed by atoms with Crippen LogP contribution in [0.25, 0.3) is 0 Å². The van der Waals surface area contributed by atoms with E-state index in [4.69, 9.17) is 9.57 Å². The first-order chi connectivity index (χ1) is 16.4. The SMILES string of the molecule is C[C@]1(COC(=O)NCC(=O)C2CC(c3cccc(O)c3O)=NO2)[C@H](C(=O)O)N2C(=O)C[C@H]2S1(=O)=O. The Kier molecular flexibility index (Phi) is 5.82. The lowest BCUT2D eigenvalue weighted by molar-refractivity contribution is -0.158. The number of benzene rings is 1. The zero-order valence-corrected chi connectivity index (χ0v) is 19.0. The van der Waals surface area contributed by atoms with Crippen molar-refractivity contribution in [2.45, 2.75) is 42.0 Å². The highest BCUT2D eigenvalue weighted by Gasteiger charge is 2.70. The molecule has 188 valence electrons. The van der Waals surface area contributed by atoms with Crippen molar-refractivity contribution in [1.82, 2.24) is 10.2 Å². The van der Waals surface area contributed by atoms with Crippen LogP contribution in [0.4, 0.5) is 4.79 Å². The molecule has 0 saturated carbocycles. The van der Waals surface area contributed by atoms with Crippen LogP contribution in [0.1, 0.15) is 25.3 Å². The maximum Gasteiger partial charge on any atom is 0.407 e. The Labute approximate surface area is 198 Å². The van der Waals surface area contributed by atoms with Crippen molar-refractivity contribution in [2.75, 3.05) is 13.2 Å². The first kappa shape index (κ1) is 24.3. The van der Waals surface area contributed by atoms with Gasteiger partial charge in [-0.15, -0.1) is 0 Å². The Bertz CT molecular complexity index is 1260. The van der Waals surface area contributed by atoms with Crippen LogP contribution in [0.3, 0.4) is 0 Å². The van der Waals surface area contributed by atoms with Gasteiger partial charge in [0.1, 0.15) is 16.7 Å². The van der Waals surface area contributed by atoms with Crippen molar-refractivity contribution >= 4 is 39.3 Å². The van der Waals surface area contributed by atoms with Crippen molar-refractivity contribution in [1.29, 1.82) is 0 Å². The monoisotopic (exact) mass is 511 g/mol. The molecule has 0 aromatic heterocycles. The summed E-state index contributed by atoms with van der Waals surface area (Å²) in [5, 5.41) is 33.6. The van der Waals surface area contributed by atoms with Gasteiger partial charge in [0.15, 0.2) is 39.3 Å². The second kappa shape index (κ2) is 8.41. The molecule has 0 spiro atoms. The number of β-lactam (4-membered cyclic amide) rings is 1. The molecular weight excluding hydrogens is 490 g/mol. The van der Waals surface area contributed by atoms with Gasteiger partial charge in [-0.1, -0.05) is 11.2 Å². The average molecular weight is 511 g/mol. The highest BCUT2D eigenvalue weighted by Crippen LogP contribution is 2.46. The maximum absolute atomic E-state index is 12.8. The van der Waals surface area contributed by atoms with Crippen LogP contribution in [-0.4, -0.2) is 93.5 Å². The predicted molar refractivity (Wildman–Crippen MR) is 114 cm³/mol. The third-order valence-corrected chi connectivity index (χ3v) is 9.05. The van der Waals surface area contributed by atoms with E-state index in [-0.39, 0.29) is 29.9 Å². The molecule has 0 radical (unpaired) electrons. The summed E-state index contributed by atoms with van der Waals surface area (Å²) in [5.41, 5.74) is 0.382. The lowest BCUT2D eigenvalue weighted by atomic mass is 9.97. The standard InChI is InChI=1S/C20H21N3O11S/c1-20(17(18(28)29)23-14(26)6-15(23)35(20,31)32)8-33-19(30)21-7-12(25)13-5-10(22-34-13)9-3-2-4-11(24)16(9)27/h2-4,13,15,17,24,27H,5-8H2,1H3,(H,21,30)(H,28,29)/t13?,15-,17+,20+/m1/s1. The molecule has 15 heteroatoms. The van der Waals surface area contributed by atoms with Gasteiger partial charge in [-0.2, -0.15) is 0 Å². The van der Waals surface area contributed by atoms with Crippen LogP contribution in [0.15, 0.2) is 23.4 Å². The average Bonchev–Trinajstić information content (AvgIpc) is 3.33. The van der Waals surface area contributed by atoms with E-state index in [0.29, 0.717) is 0 Å². The highest BCUT2D eigenvalue weighted by molar-refractivity contribution is 7.94. The number of hydrogen-bond acceptors (Lipinski definition) is 11. The number of nitrogens with one attached hydrogen (secondary N) is 1. The van der Waals surface area contributed by atoms with Crippen LogP contribution < -0.4 is 5.32 Å². The number of aliphatic carboxylic acids is 1. The zero-order chi connectivity index (χ0) is 25.7. The number of amides is 2. The summed E-state index contributed by atoms with van der Waals surface area (Å²) in [6, 6.07) is 2.49. The number of carbonyl (C=O) groups is 4. The highest BCUT2D eigenvalue weighted by atomic mass is 32.2. The number of phenolic OH excluding ortho intramolecular Hbond substituents is 2. The number of hydrogen-bond donors (Lipinski definition) is 4. The number of Topliss-reactive ketones (excluding diaryl/α,β-unsaturated/α-hetero) is 1. The van der Waals surface area contributed by atoms with Gasteiger partial charge < -0.3 is 35.1 Å². The molecule has 3 heterocycles. The number of rotatable bonds is 7. The molecule has 35 heavy (non-hydrogen) atoms. The number of sulfone groups is 1. The van der Waals surface area contributed by atoms with Crippen molar-refractivity contribution in [3.05, 3.63) is 23.8 Å². The fraction of sp³-hybridized carbons (Fsp3) is 0.450. The fourth-order valence-electron chi connectivity index (χ4n) is 4.28. The van der Waals surface area contributed by atoms with E-state index in [2.05, 4.69) is 10.5 Å². The number of ketones is 1. The molecule has 1 unspecified atom stereocenters. The lowest BCUT2D eigenvalue weighted by Gasteiger charge is -2.35. The Hall–Kier alpha value is -3.88. The van der Waals surface area contributed by atoms with Crippen LogP contribution in [0.5, 0.6) is 11.5 Å². The molecule has 4 atom stereocenters. The van der Waals surface area contributed by atoms with Crippen LogP contribution >= 0.6 is 0 Å².